The molecule has 8 heteroatoms. The number of nitrogens with one attached hydrogen (secondary N) is 1. The van der Waals surface area contributed by atoms with Crippen molar-refractivity contribution in [1.82, 2.24) is 9.03 Å². The number of methoxy groups -OCH3 is 1. The van der Waals surface area contributed by atoms with Crippen molar-refractivity contribution in [2.75, 3.05) is 40.0 Å². The molecule has 1 atom stereocenters. The monoisotopic (exact) mass is 294 g/mol. The van der Waals surface area contributed by atoms with Gasteiger partial charge in [0, 0.05) is 26.7 Å². The highest BCUT2D eigenvalue weighted by Gasteiger charge is 2.32. The van der Waals surface area contributed by atoms with Crippen molar-refractivity contribution in [3.8, 4) is 0 Å². The maximum atomic E-state index is 12.0. The first kappa shape index (κ1) is 16.4. The fraction of sp³-hybridized carbons (Fsp3) is 0.909. The Labute approximate surface area is 114 Å². The van der Waals surface area contributed by atoms with Gasteiger partial charge >= 0.3 is 5.97 Å². The highest BCUT2D eigenvalue weighted by Crippen LogP contribution is 2.19. The first-order chi connectivity index (χ1) is 9.01. The predicted octanol–water partition coefficient (Wildman–Crippen LogP) is -0.258. The second kappa shape index (κ2) is 7.78. The summed E-state index contributed by atoms with van der Waals surface area (Å²) in [5.74, 6) is -0.688. The standard InChI is InChI=1S/C11H22N2O5S/c1-3-18-11(14)10-5-4-7-13(9-10)19(15,16)12-6-8-17-2/h10,12H,3-9H2,1-2H3/t10-/m0/s1. The SMILES string of the molecule is CCOC(=O)[C@H]1CCCN(S(=O)(=O)NCCOC)C1. The van der Waals surface area contributed by atoms with E-state index in [0.29, 0.717) is 32.6 Å². The van der Waals surface area contributed by atoms with Gasteiger partial charge in [0.1, 0.15) is 0 Å². The van der Waals surface area contributed by atoms with Crippen molar-refractivity contribution in [3.05, 3.63) is 0 Å². The molecule has 1 rings (SSSR count). The van der Waals surface area contributed by atoms with Crippen LogP contribution in [0.2, 0.25) is 0 Å². The van der Waals surface area contributed by atoms with E-state index < -0.39 is 10.2 Å². The van der Waals surface area contributed by atoms with Gasteiger partial charge in [-0.05, 0) is 19.8 Å². The molecule has 1 aliphatic rings. The number of hydrogen-bond acceptors (Lipinski definition) is 5. The summed E-state index contributed by atoms with van der Waals surface area (Å²) in [7, 11) is -2.04. The van der Waals surface area contributed by atoms with Crippen molar-refractivity contribution in [2.45, 2.75) is 19.8 Å². The van der Waals surface area contributed by atoms with Gasteiger partial charge in [-0.1, -0.05) is 0 Å². The van der Waals surface area contributed by atoms with Gasteiger partial charge in [-0.25, -0.2) is 0 Å². The molecule has 19 heavy (non-hydrogen) atoms. The molecule has 0 radical (unpaired) electrons. The molecule has 1 N–H and O–H groups in total. The normalized spacial score (nSPS) is 21.3. The molecule has 1 fully saturated rings. The van der Waals surface area contributed by atoms with Crippen LogP contribution in [-0.4, -0.2) is 58.7 Å². The molecule has 0 unspecified atom stereocenters. The largest absolute Gasteiger partial charge is 0.466 e. The Balaban J connectivity index is 2.55. The molecule has 0 aromatic rings. The minimum absolute atomic E-state index is 0.182. The van der Waals surface area contributed by atoms with Crippen LogP contribution in [-0.2, 0) is 24.5 Å². The van der Waals surface area contributed by atoms with Crippen molar-refractivity contribution in [2.24, 2.45) is 5.92 Å². The molecule has 0 aromatic carbocycles. The Kier molecular flexibility index (Phi) is 6.70. The number of esters is 1. The van der Waals surface area contributed by atoms with Crippen LogP contribution >= 0.6 is 0 Å². The average molecular weight is 294 g/mol. The average Bonchev–Trinajstić information content (AvgIpc) is 2.39. The second-order valence-corrected chi connectivity index (χ2v) is 6.10. The summed E-state index contributed by atoms with van der Waals surface area (Å²) >= 11 is 0. The molecular formula is C11H22N2O5S. The summed E-state index contributed by atoms with van der Waals surface area (Å²) in [4.78, 5) is 11.6. The Bertz CT molecular complexity index is 385. The topological polar surface area (TPSA) is 84.9 Å². The van der Waals surface area contributed by atoms with E-state index in [9.17, 15) is 13.2 Å². The van der Waals surface area contributed by atoms with Crippen LogP contribution in [0.15, 0.2) is 0 Å². The molecular weight excluding hydrogens is 272 g/mol. The zero-order chi connectivity index (χ0) is 14.3. The smallest absolute Gasteiger partial charge is 0.310 e. The summed E-state index contributed by atoms with van der Waals surface area (Å²) in [5.41, 5.74) is 0. The number of nitrogens with zero attached hydrogens (tertiary/aromatic N) is 1. The Morgan fingerprint density at radius 2 is 2.21 bits per heavy atom. The van der Waals surface area contributed by atoms with Crippen molar-refractivity contribution < 1.29 is 22.7 Å². The summed E-state index contributed by atoms with van der Waals surface area (Å²) in [5, 5.41) is 0. The number of hydrogen-bond donors (Lipinski definition) is 1. The fourth-order valence-corrected chi connectivity index (χ4v) is 3.25. The van der Waals surface area contributed by atoms with Crippen molar-refractivity contribution in [1.29, 1.82) is 0 Å². The van der Waals surface area contributed by atoms with E-state index in [4.69, 9.17) is 9.47 Å². The first-order valence-corrected chi connectivity index (χ1v) is 7.85. The summed E-state index contributed by atoms with van der Waals surface area (Å²) in [6.45, 7) is 3.20. The Morgan fingerprint density at radius 3 is 2.84 bits per heavy atom. The van der Waals surface area contributed by atoms with Gasteiger partial charge in [0.25, 0.3) is 10.2 Å². The highest BCUT2D eigenvalue weighted by atomic mass is 32.2. The zero-order valence-corrected chi connectivity index (χ0v) is 12.2. The van der Waals surface area contributed by atoms with Gasteiger partial charge < -0.3 is 9.47 Å². The number of rotatable bonds is 7. The number of piperidine rings is 1. The molecule has 0 aromatic heterocycles. The molecule has 1 aliphatic heterocycles. The third kappa shape index (κ3) is 5.06. The molecule has 7 nitrogen and oxygen atoms in total. The van der Waals surface area contributed by atoms with Crippen molar-refractivity contribution >= 4 is 16.2 Å². The molecule has 1 heterocycles. The highest BCUT2D eigenvalue weighted by molar-refractivity contribution is 7.87. The second-order valence-electron chi connectivity index (χ2n) is 4.34. The molecule has 0 bridgehead atoms. The van der Waals surface area contributed by atoms with E-state index in [1.165, 1.54) is 11.4 Å². The van der Waals surface area contributed by atoms with Gasteiger partial charge in [0.05, 0.1) is 19.1 Å². The van der Waals surface area contributed by atoms with E-state index in [-0.39, 0.29) is 25.0 Å². The molecule has 0 saturated carbocycles. The van der Waals surface area contributed by atoms with Crippen LogP contribution in [0, 0.1) is 5.92 Å². The van der Waals surface area contributed by atoms with E-state index >= 15 is 0 Å². The summed E-state index contributed by atoms with van der Waals surface area (Å²) in [6.07, 6.45) is 1.33. The maximum absolute atomic E-state index is 12.0. The van der Waals surface area contributed by atoms with E-state index in [1.54, 1.807) is 6.92 Å². The fourth-order valence-electron chi connectivity index (χ4n) is 1.98. The predicted molar refractivity (Wildman–Crippen MR) is 69.7 cm³/mol. The van der Waals surface area contributed by atoms with Crippen LogP contribution in [0.4, 0.5) is 0 Å². The van der Waals surface area contributed by atoms with Crippen LogP contribution in [0.1, 0.15) is 19.8 Å². The van der Waals surface area contributed by atoms with Gasteiger partial charge in [-0.15, -0.1) is 0 Å². The van der Waals surface area contributed by atoms with Crippen LogP contribution in [0.3, 0.4) is 0 Å². The third-order valence-corrected chi connectivity index (χ3v) is 4.52. The zero-order valence-electron chi connectivity index (χ0n) is 11.4. The first-order valence-electron chi connectivity index (χ1n) is 6.41. The van der Waals surface area contributed by atoms with E-state index in [1.807, 2.05) is 0 Å². The lowest BCUT2D eigenvalue weighted by molar-refractivity contribution is -0.149. The van der Waals surface area contributed by atoms with Crippen LogP contribution in [0.25, 0.3) is 0 Å². The lowest BCUT2D eigenvalue weighted by Crippen LogP contribution is -2.48. The van der Waals surface area contributed by atoms with Crippen molar-refractivity contribution in [3.63, 3.8) is 0 Å². The molecule has 0 spiro atoms. The number of ether oxygens (including phenoxy) is 2. The molecule has 0 aliphatic carbocycles. The number of carbonyl (C=O) groups excluding carboxylic acids is 1. The number of carbonyl (C=O) groups is 1. The van der Waals surface area contributed by atoms with Crippen LogP contribution in [0.5, 0.6) is 0 Å². The van der Waals surface area contributed by atoms with Crippen LogP contribution < -0.4 is 4.72 Å². The van der Waals surface area contributed by atoms with Gasteiger partial charge in [-0.2, -0.15) is 17.4 Å². The van der Waals surface area contributed by atoms with Gasteiger partial charge in [0.2, 0.25) is 0 Å². The molecule has 112 valence electrons. The lowest BCUT2D eigenvalue weighted by atomic mass is 10.0. The lowest BCUT2D eigenvalue weighted by Gasteiger charge is -2.30. The Hall–Kier alpha value is -0.700. The third-order valence-electron chi connectivity index (χ3n) is 2.93. The minimum atomic E-state index is -3.54. The van der Waals surface area contributed by atoms with E-state index in [2.05, 4.69) is 4.72 Å². The molecule has 0 amide bonds. The quantitative estimate of drug-likeness (QED) is 0.516. The van der Waals surface area contributed by atoms with Gasteiger partial charge in [-0.3, -0.25) is 4.79 Å². The minimum Gasteiger partial charge on any atom is -0.466 e. The van der Waals surface area contributed by atoms with Gasteiger partial charge in [0.15, 0.2) is 0 Å². The van der Waals surface area contributed by atoms with E-state index in [0.717, 1.165) is 0 Å². The maximum Gasteiger partial charge on any atom is 0.310 e. The molecule has 1 saturated heterocycles. The summed E-state index contributed by atoms with van der Waals surface area (Å²) < 4.78 is 37.5. The summed E-state index contributed by atoms with van der Waals surface area (Å²) in [6, 6.07) is 0. The Morgan fingerprint density at radius 1 is 1.47 bits per heavy atom.